The summed E-state index contributed by atoms with van der Waals surface area (Å²) in [5, 5.41) is 9.76. The van der Waals surface area contributed by atoms with Crippen molar-refractivity contribution in [3.63, 3.8) is 0 Å². The number of carbonyl (C=O) groups is 1. The van der Waals surface area contributed by atoms with E-state index < -0.39 is 0 Å². The van der Waals surface area contributed by atoms with Crippen molar-refractivity contribution in [1.29, 1.82) is 0 Å². The van der Waals surface area contributed by atoms with Gasteiger partial charge in [-0.2, -0.15) is 0 Å². The van der Waals surface area contributed by atoms with Crippen molar-refractivity contribution in [2.45, 2.75) is 46.3 Å². The summed E-state index contributed by atoms with van der Waals surface area (Å²) < 4.78 is 6.13. The number of ether oxygens (including phenoxy) is 1. The predicted molar refractivity (Wildman–Crippen MR) is 131 cm³/mol. The predicted octanol–water partition coefficient (Wildman–Crippen LogP) is 4.42. The van der Waals surface area contributed by atoms with Crippen LogP contribution >= 0.6 is 0 Å². The molecule has 6 heteroatoms. The number of carbonyl (C=O) groups excluding carboxylic acids is 1. The summed E-state index contributed by atoms with van der Waals surface area (Å²) in [7, 11) is 1.79. The van der Waals surface area contributed by atoms with E-state index in [-0.39, 0.29) is 17.9 Å². The largest absolute Gasteiger partial charge is 0.373 e. The number of hydrogen-bond donors (Lipinski definition) is 3. The quantitative estimate of drug-likeness (QED) is 0.444. The van der Waals surface area contributed by atoms with E-state index in [1.54, 1.807) is 7.05 Å². The average Bonchev–Trinajstić information content (AvgIpc) is 2.81. The minimum absolute atomic E-state index is 0.0242. The van der Waals surface area contributed by atoms with Crippen LogP contribution < -0.4 is 16.0 Å². The number of hydrogen-bond acceptors (Lipinski definition) is 3. The van der Waals surface area contributed by atoms with Crippen molar-refractivity contribution in [3.05, 3.63) is 65.2 Å². The lowest BCUT2D eigenvalue weighted by Gasteiger charge is -2.32. The Balaban J connectivity index is 1.50. The fourth-order valence-electron chi connectivity index (χ4n) is 3.80. The number of rotatable bonds is 7. The fraction of sp³-hybridized carbons (Fsp3) is 0.462. The molecule has 0 saturated carbocycles. The van der Waals surface area contributed by atoms with Crippen molar-refractivity contribution in [3.8, 4) is 0 Å². The van der Waals surface area contributed by atoms with E-state index in [4.69, 9.17) is 4.74 Å². The molecular weight excluding hydrogens is 400 g/mol. The maximum atomic E-state index is 11.8. The topological polar surface area (TPSA) is 74.8 Å². The second kappa shape index (κ2) is 11.7. The highest BCUT2D eigenvalue weighted by Crippen LogP contribution is 2.33. The van der Waals surface area contributed by atoms with Crippen LogP contribution in [-0.2, 0) is 16.1 Å². The Morgan fingerprint density at radius 1 is 1.09 bits per heavy atom. The van der Waals surface area contributed by atoms with Gasteiger partial charge in [0.05, 0.1) is 6.10 Å². The van der Waals surface area contributed by atoms with Crippen molar-refractivity contribution >= 4 is 17.6 Å². The highest BCUT2D eigenvalue weighted by Gasteiger charge is 2.27. The molecule has 1 heterocycles. The summed E-state index contributed by atoms with van der Waals surface area (Å²) in [5.74, 6) is 1.16. The van der Waals surface area contributed by atoms with Gasteiger partial charge in [0.2, 0.25) is 5.91 Å². The van der Waals surface area contributed by atoms with Gasteiger partial charge in [0.1, 0.15) is 0 Å². The minimum atomic E-state index is -0.0362. The average molecular weight is 437 g/mol. The van der Waals surface area contributed by atoms with Crippen LogP contribution in [0, 0.1) is 18.8 Å². The first-order valence-electron chi connectivity index (χ1n) is 11.5. The molecule has 3 N–H and O–H groups in total. The van der Waals surface area contributed by atoms with E-state index in [9.17, 15) is 4.79 Å². The molecule has 2 atom stereocenters. The molecule has 1 amide bonds. The summed E-state index contributed by atoms with van der Waals surface area (Å²) in [6.07, 6.45) is 2.33. The molecule has 1 aliphatic rings. The lowest BCUT2D eigenvalue weighted by Crippen LogP contribution is -2.41. The third-order valence-corrected chi connectivity index (χ3v) is 5.81. The molecule has 0 aromatic heterocycles. The monoisotopic (exact) mass is 436 g/mol. The number of guanidine groups is 1. The maximum Gasteiger partial charge on any atom is 0.226 e. The molecule has 6 nitrogen and oxygen atoms in total. The van der Waals surface area contributed by atoms with Gasteiger partial charge in [-0.1, -0.05) is 55.8 Å². The highest BCUT2D eigenvalue weighted by molar-refractivity contribution is 5.92. The van der Waals surface area contributed by atoms with Crippen LogP contribution in [0.2, 0.25) is 0 Å². The van der Waals surface area contributed by atoms with Gasteiger partial charge in [-0.3, -0.25) is 9.79 Å². The first kappa shape index (κ1) is 23.8. The number of anilines is 1. The van der Waals surface area contributed by atoms with Crippen LogP contribution in [-0.4, -0.2) is 32.1 Å². The van der Waals surface area contributed by atoms with Crippen molar-refractivity contribution in [2.75, 3.05) is 25.5 Å². The number of benzene rings is 2. The second-order valence-electron chi connectivity index (χ2n) is 8.75. The molecule has 0 aliphatic carbocycles. The third kappa shape index (κ3) is 6.82. The fourth-order valence-corrected chi connectivity index (χ4v) is 3.80. The van der Waals surface area contributed by atoms with E-state index in [2.05, 4.69) is 52.1 Å². The third-order valence-electron chi connectivity index (χ3n) is 5.81. The molecule has 0 bridgehead atoms. The standard InChI is InChI=1S/C26H36N4O2/c1-18(2)25(31)30-23-13-9-20(10-14-23)16-28-26(27-4)29-17-22-6-5-15-32-24(22)21-11-7-19(3)8-12-21/h7-14,18,22,24H,5-6,15-17H2,1-4H3,(H,30,31)(H2,27,28,29). The molecule has 1 fully saturated rings. The lowest BCUT2D eigenvalue weighted by molar-refractivity contribution is -0.118. The van der Waals surface area contributed by atoms with Crippen LogP contribution in [0.25, 0.3) is 0 Å². The number of aryl methyl sites for hydroxylation is 1. The van der Waals surface area contributed by atoms with Gasteiger partial charge < -0.3 is 20.7 Å². The Hall–Kier alpha value is -2.86. The van der Waals surface area contributed by atoms with Gasteiger partial charge in [-0.25, -0.2) is 0 Å². The van der Waals surface area contributed by atoms with E-state index >= 15 is 0 Å². The van der Waals surface area contributed by atoms with Crippen molar-refractivity contribution < 1.29 is 9.53 Å². The Morgan fingerprint density at radius 3 is 2.47 bits per heavy atom. The van der Waals surface area contributed by atoms with E-state index in [0.717, 1.165) is 43.2 Å². The zero-order valence-electron chi connectivity index (χ0n) is 19.7. The van der Waals surface area contributed by atoms with E-state index in [1.165, 1.54) is 11.1 Å². The molecule has 1 saturated heterocycles. The molecule has 172 valence electrons. The first-order chi connectivity index (χ1) is 15.5. The van der Waals surface area contributed by atoms with Crippen LogP contribution in [0.3, 0.4) is 0 Å². The Bertz CT molecular complexity index is 891. The molecule has 2 aromatic carbocycles. The Kier molecular flexibility index (Phi) is 8.68. The van der Waals surface area contributed by atoms with Crippen LogP contribution in [0.1, 0.15) is 49.5 Å². The Morgan fingerprint density at radius 2 is 1.81 bits per heavy atom. The summed E-state index contributed by atoms with van der Waals surface area (Å²) in [4.78, 5) is 16.2. The van der Waals surface area contributed by atoms with Gasteiger partial charge in [0.15, 0.2) is 5.96 Å². The second-order valence-corrected chi connectivity index (χ2v) is 8.75. The van der Waals surface area contributed by atoms with Gasteiger partial charge in [0, 0.05) is 44.3 Å². The smallest absolute Gasteiger partial charge is 0.226 e. The zero-order valence-corrected chi connectivity index (χ0v) is 19.7. The highest BCUT2D eigenvalue weighted by atomic mass is 16.5. The number of aliphatic imine (C=N–C) groups is 1. The maximum absolute atomic E-state index is 11.8. The molecule has 1 aliphatic heterocycles. The van der Waals surface area contributed by atoms with Crippen molar-refractivity contribution in [1.82, 2.24) is 10.6 Å². The van der Waals surface area contributed by atoms with E-state index in [1.807, 2.05) is 38.1 Å². The number of nitrogens with one attached hydrogen (secondary N) is 3. The van der Waals surface area contributed by atoms with E-state index in [0.29, 0.717) is 12.5 Å². The van der Waals surface area contributed by atoms with Gasteiger partial charge in [0.25, 0.3) is 0 Å². The summed E-state index contributed by atoms with van der Waals surface area (Å²) in [6, 6.07) is 16.5. The lowest BCUT2D eigenvalue weighted by atomic mass is 9.89. The molecule has 0 radical (unpaired) electrons. The van der Waals surface area contributed by atoms with Crippen LogP contribution in [0.15, 0.2) is 53.5 Å². The molecule has 2 aromatic rings. The Labute approximate surface area is 191 Å². The van der Waals surface area contributed by atoms with Gasteiger partial charge in [-0.15, -0.1) is 0 Å². The molecule has 2 unspecified atom stereocenters. The van der Waals surface area contributed by atoms with Gasteiger partial charge >= 0.3 is 0 Å². The summed E-state index contributed by atoms with van der Waals surface area (Å²) in [6.45, 7) is 8.15. The van der Waals surface area contributed by atoms with Gasteiger partial charge in [-0.05, 0) is 43.0 Å². The molecular formula is C26H36N4O2. The zero-order chi connectivity index (χ0) is 22.9. The van der Waals surface area contributed by atoms with Crippen LogP contribution in [0.4, 0.5) is 5.69 Å². The molecule has 32 heavy (non-hydrogen) atoms. The number of nitrogens with zero attached hydrogens (tertiary/aromatic N) is 1. The van der Waals surface area contributed by atoms with Crippen LogP contribution in [0.5, 0.6) is 0 Å². The molecule has 3 rings (SSSR count). The SMILES string of the molecule is CN=C(NCc1ccc(NC(=O)C(C)C)cc1)NCC1CCCOC1c1ccc(C)cc1. The minimum Gasteiger partial charge on any atom is -0.373 e. The summed E-state index contributed by atoms with van der Waals surface area (Å²) in [5.41, 5.74) is 4.44. The number of amides is 1. The summed E-state index contributed by atoms with van der Waals surface area (Å²) >= 11 is 0. The first-order valence-corrected chi connectivity index (χ1v) is 11.5. The molecule has 0 spiro atoms. The normalized spacial score (nSPS) is 19.0. The van der Waals surface area contributed by atoms with Crippen molar-refractivity contribution in [2.24, 2.45) is 16.8 Å².